The molecule has 1 saturated heterocycles. The van der Waals surface area contributed by atoms with Crippen molar-refractivity contribution in [3.8, 4) is 11.5 Å². The summed E-state index contributed by atoms with van der Waals surface area (Å²) in [5, 5.41) is 0. The number of methoxy groups -OCH3 is 1. The summed E-state index contributed by atoms with van der Waals surface area (Å²) in [7, 11) is 1.59. The molecule has 0 bridgehead atoms. The van der Waals surface area contributed by atoms with E-state index in [9.17, 15) is 4.79 Å². The quantitative estimate of drug-likeness (QED) is 0.796. The fourth-order valence-electron chi connectivity index (χ4n) is 3.69. The number of carbonyl (C=O) groups excluding carboxylic acids is 1. The van der Waals surface area contributed by atoms with Crippen LogP contribution in [0.2, 0.25) is 0 Å². The Morgan fingerprint density at radius 3 is 2.46 bits per heavy atom. The summed E-state index contributed by atoms with van der Waals surface area (Å²) < 4.78 is 11.2. The number of benzene rings is 2. The number of amides is 1. The first-order valence-electron chi connectivity index (χ1n) is 9.42. The second-order valence-corrected chi connectivity index (χ2v) is 7.26. The highest BCUT2D eigenvalue weighted by Gasteiger charge is 2.35. The molecule has 2 atom stereocenters. The molecule has 28 heavy (non-hydrogen) atoms. The molecule has 3 rings (SSSR count). The lowest BCUT2D eigenvalue weighted by molar-refractivity contribution is 0.0786. The first kappa shape index (κ1) is 22.1. The van der Waals surface area contributed by atoms with Gasteiger partial charge in [-0.3, -0.25) is 4.79 Å². The Hall–Kier alpha value is -2.24. The van der Waals surface area contributed by atoms with Gasteiger partial charge in [0.25, 0.3) is 5.91 Å². The maximum atomic E-state index is 13.1. The number of ether oxygens (including phenoxy) is 2. The van der Waals surface area contributed by atoms with Gasteiger partial charge in [0.05, 0.1) is 13.2 Å². The van der Waals surface area contributed by atoms with Gasteiger partial charge in [0.15, 0.2) is 11.5 Å². The summed E-state index contributed by atoms with van der Waals surface area (Å²) in [5.74, 6) is 1.75. The fraction of sp³-hybridized carbons (Fsp3) is 0.409. The third-order valence-electron chi connectivity index (χ3n) is 5.03. The summed E-state index contributed by atoms with van der Waals surface area (Å²) in [5.41, 5.74) is 7.84. The van der Waals surface area contributed by atoms with Crippen LogP contribution in [0.25, 0.3) is 0 Å². The van der Waals surface area contributed by atoms with Crippen molar-refractivity contribution in [1.29, 1.82) is 0 Å². The van der Waals surface area contributed by atoms with Crippen molar-refractivity contribution in [1.82, 2.24) is 4.90 Å². The van der Waals surface area contributed by atoms with Crippen molar-refractivity contribution < 1.29 is 14.3 Å². The minimum atomic E-state index is 0. The molecule has 1 aliphatic heterocycles. The molecule has 1 heterocycles. The van der Waals surface area contributed by atoms with Gasteiger partial charge < -0.3 is 20.1 Å². The van der Waals surface area contributed by atoms with Crippen molar-refractivity contribution in [2.24, 2.45) is 11.7 Å². The third-order valence-corrected chi connectivity index (χ3v) is 5.03. The van der Waals surface area contributed by atoms with Gasteiger partial charge in [-0.15, -0.1) is 12.4 Å². The summed E-state index contributed by atoms with van der Waals surface area (Å²) in [4.78, 5) is 15.0. The SMILES string of the molecule is COc1cc(C(=O)N2C[C@@H](CN)[C@H](c3ccccc3)C2)ccc1OC(C)C.Cl. The van der Waals surface area contributed by atoms with Crippen molar-refractivity contribution in [3.63, 3.8) is 0 Å². The van der Waals surface area contributed by atoms with Gasteiger partial charge in [0.2, 0.25) is 0 Å². The summed E-state index contributed by atoms with van der Waals surface area (Å²) >= 11 is 0. The summed E-state index contributed by atoms with van der Waals surface area (Å²) in [6.45, 7) is 5.82. The number of halogens is 1. The summed E-state index contributed by atoms with van der Waals surface area (Å²) in [6.07, 6.45) is 0.0379. The molecule has 1 fully saturated rings. The highest BCUT2D eigenvalue weighted by molar-refractivity contribution is 5.95. The van der Waals surface area contributed by atoms with Gasteiger partial charge in [-0.05, 0) is 50.1 Å². The van der Waals surface area contributed by atoms with Crippen molar-refractivity contribution in [2.75, 3.05) is 26.7 Å². The van der Waals surface area contributed by atoms with Crippen LogP contribution in [0, 0.1) is 5.92 Å². The topological polar surface area (TPSA) is 64.8 Å². The Morgan fingerprint density at radius 2 is 1.86 bits per heavy atom. The number of likely N-dealkylation sites (tertiary alicyclic amines) is 1. The van der Waals surface area contributed by atoms with Gasteiger partial charge in [-0.25, -0.2) is 0 Å². The Labute approximate surface area is 173 Å². The fourth-order valence-corrected chi connectivity index (χ4v) is 3.69. The molecular weight excluding hydrogens is 376 g/mol. The first-order valence-corrected chi connectivity index (χ1v) is 9.42. The van der Waals surface area contributed by atoms with Gasteiger partial charge in [0.1, 0.15) is 0 Å². The van der Waals surface area contributed by atoms with E-state index in [1.165, 1.54) is 5.56 Å². The number of nitrogens with two attached hydrogens (primary N) is 1. The van der Waals surface area contributed by atoms with E-state index in [0.717, 1.165) is 0 Å². The minimum absolute atomic E-state index is 0. The largest absolute Gasteiger partial charge is 0.493 e. The molecule has 0 spiro atoms. The predicted molar refractivity (Wildman–Crippen MR) is 114 cm³/mol. The van der Waals surface area contributed by atoms with Gasteiger partial charge in [-0.2, -0.15) is 0 Å². The monoisotopic (exact) mass is 404 g/mol. The average Bonchev–Trinajstić information content (AvgIpc) is 3.12. The minimum Gasteiger partial charge on any atom is -0.493 e. The second kappa shape index (κ2) is 9.80. The first-order chi connectivity index (χ1) is 13.0. The maximum absolute atomic E-state index is 13.1. The lowest BCUT2D eigenvalue weighted by Crippen LogP contribution is -2.29. The second-order valence-electron chi connectivity index (χ2n) is 7.26. The van der Waals surface area contributed by atoms with Crippen LogP contribution in [0.1, 0.15) is 35.7 Å². The van der Waals surface area contributed by atoms with Crippen LogP contribution < -0.4 is 15.2 Å². The van der Waals surface area contributed by atoms with Crippen LogP contribution in [-0.4, -0.2) is 43.7 Å². The van der Waals surface area contributed by atoms with Crippen LogP contribution in [0.15, 0.2) is 48.5 Å². The Bertz CT molecular complexity index is 783. The Balaban J connectivity index is 0.00000280. The van der Waals surface area contributed by atoms with Gasteiger partial charge in [-0.1, -0.05) is 30.3 Å². The van der Waals surface area contributed by atoms with E-state index in [1.54, 1.807) is 25.3 Å². The molecule has 0 radical (unpaired) electrons. The van der Waals surface area contributed by atoms with Crippen LogP contribution in [0.3, 0.4) is 0 Å². The summed E-state index contributed by atoms with van der Waals surface area (Å²) in [6, 6.07) is 15.7. The van der Waals surface area contributed by atoms with Gasteiger partial charge in [0, 0.05) is 24.6 Å². The number of rotatable bonds is 6. The van der Waals surface area contributed by atoms with Crippen LogP contribution >= 0.6 is 12.4 Å². The predicted octanol–water partition coefficient (Wildman–Crippen LogP) is 3.72. The molecule has 2 N–H and O–H groups in total. The van der Waals surface area contributed by atoms with E-state index in [4.69, 9.17) is 15.2 Å². The third kappa shape index (κ3) is 4.78. The molecule has 2 aromatic rings. The molecule has 0 aromatic heterocycles. The zero-order chi connectivity index (χ0) is 19.4. The van der Waals surface area contributed by atoms with Crippen LogP contribution in [0.5, 0.6) is 11.5 Å². The van der Waals surface area contributed by atoms with E-state index in [-0.39, 0.29) is 36.3 Å². The lowest BCUT2D eigenvalue weighted by atomic mass is 9.89. The Morgan fingerprint density at radius 1 is 1.14 bits per heavy atom. The number of hydrogen-bond acceptors (Lipinski definition) is 4. The molecule has 5 nitrogen and oxygen atoms in total. The average molecular weight is 405 g/mol. The van der Waals surface area contributed by atoms with E-state index < -0.39 is 0 Å². The molecule has 2 aromatic carbocycles. The molecule has 1 amide bonds. The molecular formula is C22H29ClN2O3. The standard InChI is InChI=1S/C22H28N2O3.ClH/c1-15(2)27-20-10-9-17(11-21(20)26-3)22(25)24-13-18(12-23)19(14-24)16-7-5-4-6-8-16;/h4-11,15,18-19H,12-14,23H2,1-3H3;1H/t18-,19+;/m1./s1. The molecule has 6 heteroatoms. The normalized spacial score (nSPS) is 18.7. The molecule has 0 unspecified atom stereocenters. The van der Waals surface area contributed by atoms with Crippen molar-refractivity contribution in [2.45, 2.75) is 25.9 Å². The van der Waals surface area contributed by atoms with Crippen LogP contribution in [0.4, 0.5) is 0 Å². The highest BCUT2D eigenvalue weighted by Crippen LogP contribution is 2.34. The van der Waals surface area contributed by atoms with E-state index >= 15 is 0 Å². The Kier molecular flexibility index (Phi) is 7.72. The molecule has 1 aliphatic rings. The zero-order valence-corrected chi connectivity index (χ0v) is 17.4. The van der Waals surface area contributed by atoms with Crippen LogP contribution in [-0.2, 0) is 0 Å². The lowest BCUT2D eigenvalue weighted by Gasteiger charge is -2.18. The number of nitrogens with zero attached hydrogens (tertiary/aromatic N) is 1. The maximum Gasteiger partial charge on any atom is 0.254 e. The highest BCUT2D eigenvalue weighted by atomic mass is 35.5. The van der Waals surface area contributed by atoms with Crippen molar-refractivity contribution in [3.05, 3.63) is 59.7 Å². The smallest absolute Gasteiger partial charge is 0.254 e. The van der Waals surface area contributed by atoms with E-state index in [2.05, 4.69) is 12.1 Å². The number of hydrogen-bond donors (Lipinski definition) is 1. The number of carbonyl (C=O) groups is 1. The van der Waals surface area contributed by atoms with Crippen molar-refractivity contribution >= 4 is 18.3 Å². The van der Waals surface area contributed by atoms with E-state index in [0.29, 0.717) is 36.7 Å². The molecule has 152 valence electrons. The van der Waals surface area contributed by atoms with E-state index in [1.807, 2.05) is 36.9 Å². The molecule has 0 aliphatic carbocycles. The molecule has 0 saturated carbocycles. The zero-order valence-electron chi connectivity index (χ0n) is 16.6. The van der Waals surface area contributed by atoms with Gasteiger partial charge >= 0.3 is 0 Å².